The van der Waals surface area contributed by atoms with Crippen molar-refractivity contribution >= 4 is 11.8 Å². The molecule has 2 heterocycles. The fraction of sp³-hybridized carbons (Fsp3) is 0.600. The molecule has 6 heteroatoms. The van der Waals surface area contributed by atoms with Crippen LogP contribution in [0.25, 0.3) is 0 Å². The van der Waals surface area contributed by atoms with Crippen molar-refractivity contribution in [3.05, 3.63) is 23.5 Å². The molecule has 1 aromatic rings. The van der Waals surface area contributed by atoms with E-state index in [4.69, 9.17) is 0 Å². The van der Waals surface area contributed by atoms with Crippen LogP contribution in [-0.4, -0.2) is 22.7 Å². The second kappa shape index (κ2) is 4.39. The molecular formula is C15H18F2N2O2. The average molecular weight is 296 g/mol. The molecule has 1 amide bonds. The van der Waals surface area contributed by atoms with Crippen molar-refractivity contribution in [1.29, 1.82) is 0 Å². The fourth-order valence-electron chi connectivity index (χ4n) is 2.91. The minimum atomic E-state index is -2.94. The van der Waals surface area contributed by atoms with Crippen molar-refractivity contribution in [2.45, 2.75) is 44.4 Å². The third-order valence-corrected chi connectivity index (χ3v) is 4.25. The lowest BCUT2D eigenvalue weighted by Crippen LogP contribution is -2.32. The Morgan fingerprint density at radius 2 is 2.19 bits per heavy atom. The quantitative estimate of drug-likeness (QED) is 0.924. The molecule has 4 nitrogen and oxygen atoms in total. The Kier molecular flexibility index (Phi) is 2.97. The highest BCUT2D eigenvalue weighted by molar-refractivity contribution is 5.89. The lowest BCUT2D eigenvalue weighted by atomic mass is 9.91. The first kappa shape index (κ1) is 14.2. The number of fused-ring (bicyclic) bond motifs is 1. The standard InChI is InChI=1S/C15H18F2N2O2/c1-14(2)8-19(13(20)21)11-5-10(7-18-12(11)14)15(16,17)6-9-3-4-9/h5,7,9H,3-4,6,8H2,1-2H3,(H,20,21). The molecule has 0 aromatic carbocycles. The summed E-state index contributed by atoms with van der Waals surface area (Å²) in [6, 6.07) is 1.30. The molecule has 1 N–H and O–H groups in total. The lowest BCUT2D eigenvalue weighted by Gasteiger charge is -2.19. The summed E-state index contributed by atoms with van der Waals surface area (Å²) in [5.74, 6) is -2.86. The third-order valence-electron chi connectivity index (χ3n) is 4.25. The topological polar surface area (TPSA) is 53.4 Å². The Hall–Kier alpha value is -1.72. The van der Waals surface area contributed by atoms with Gasteiger partial charge in [-0.3, -0.25) is 9.88 Å². The number of hydrogen-bond donors (Lipinski definition) is 1. The number of rotatable bonds is 3. The minimum absolute atomic E-state index is 0.0836. The molecule has 0 radical (unpaired) electrons. The predicted molar refractivity (Wildman–Crippen MR) is 73.9 cm³/mol. The van der Waals surface area contributed by atoms with Gasteiger partial charge in [0.1, 0.15) is 0 Å². The molecule has 1 aliphatic heterocycles. The molecule has 1 aliphatic carbocycles. The Bertz CT molecular complexity index is 597. The summed E-state index contributed by atoms with van der Waals surface area (Å²) >= 11 is 0. The molecule has 21 heavy (non-hydrogen) atoms. The van der Waals surface area contributed by atoms with Gasteiger partial charge in [0, 0.05) is 30.1 Å². The number of carboxylic acid groups (broad SMARTS) is 1. The van der Waals surface area contributed by atoms with Crippen LogP contribution < -0.4 is 4.90 Å². The molecule has 0 saturated heterocycles. The van der Waals surface area contributed by atoms with E-state index in [-0.39, 0.29) is 24.4 Å². The number of pyridine rings is 1. The van der Waals surface area contributed by atoms with Gasteiger partial charge in [-0.2, -0.15) is 0 Å². The zero-order valence-electron chi connectivity index (χ0n) is 12.1. The predicted octanol–water partition coefficient (Wildman–Crippen LogP) is 3.75. The van der Waals surface area contributed by atoms with Gasteiger partial charge in [0.2, 0.25) is 0 Å². The maximum absolute atomic E-state index is 14.2. The van der Waals surface area contributed by atoms with Crippen LogP contribution in [0.3, 0.4) is 0 Å². The smallest absolute Gasteiger partial charge is 0.411 e. The molecule has 0 spiro atoms. The maximum Gasteiger partial charge on any atom is 0.411 e. The van der Waals surface area contributed by atoms with Crippen molar-refractivity contribution in [3.63, 3.8) is 0 Å². The van der Waals surface area contributed by atoms with Crippen molar-refractivity contribution in [2.24, 2.45) is 5.92 Å². The van der Waals surface area contributed by atoms with E-state index < -0.39 is 17.4 Å². The van der Waals surface area contributed by atoms with Gasteiger partial charge in [0.25, 0.3) is 5.92 Å². The molecule has 0 unspecified atom stereocenters. The van der Waals surface area contributed by atoms with Gasteiger partial charge in [-0.15, -0.1) is 0 Å². The van der Waals surface area contributed by atoms with Gasteiger partial charge in [0.05, 0.1) is 11.4 Å². The number of amides is 1. The van der Waals surface area contributed by atoms with Gasteiger partial charge in [-0.1, -0.05) is 13.8 Å². The van der Waals surface area contributed by atoms with E-state index in [2.05, 4.69) is 4.98 Å². The fourth-order valence-corrected chi connectivity index (χ4v) is 2.91. The zero-order valence-corrected chi connectivity index (χ0v) is 12.1. The second-order valence-electron chi connectivity index (χ2n) is 6.70. The molecular weight excluding hydrogens is 278 g/mol. The van der Waals surface area contributed by atoms with E-state index in [0.29, 0.717) is 11.4 Å². The van der Waals surface area contributed by atoms with Crippen molar-refractivity contribution in [2.75, 3.05) is 11.4 Å². The number of aromatic nitrogens is 1. The van der Waals surface area contributed by atoms with Crippen LogP contribution in [0.5, 0.6) is 0 Å². The van der Waals surface area contributed by atoms with Gasteiger partial charge < -0.3 is 5.11 Å². The normalized spacial score (nSPS) is 20.5. The average Bonchev–Trinajstić information content (AvgIpc) is 3.13. The van der Waals surface area contributed by atoms with E-state index in [1.54, 1.807) is 0 Å². The van der Waals surface area contributed by atoms with Crippen molar-refractivity contribution in [1.82, 2.24) is 4.98 Å². The molecule has 0 bridgehead atoms. The van der Waals surface area contributed by atoms with Gasteiger partial charge >= 0.3 is 6.09 Å². The Labute approximate surface area is 121 Å². The summed E-state index contributed by atoms with van der Waals surface area (Å²) in [6.45, 7) is 3.97. The molecule has 1 saturated carbocycles. The second-order valence-corrected chi connectivity index (χ2v) is 6.70. The largest absolute Gasteiger partial charge is 0.465 e. The Morgan fingerprint density at radius 3 is 2.76 bits per heavy atom. The molecule has 114 valence electrons. The van der Waals surface area contributed by atoms with Crippen LogP contribution in [-0.2, 0) is 11.3 Å². The van der Waals surface area contributed by atoms with Crippen molar-refractivity contribution < 1.29 is 18.7 Å². The highest BCUT2D eigenvalue weighted by atomic mass is 19.3. The third kappa shape index (κ3) is 2.47. The van der Waals surface area contributed by atoms with Crippen LogP contribution in [0.15, 0.2) is 12.3 Å². The zero-order chi connectivity index (χ0) is 15.4. The minimum Gasteiger partial charge on any atom is -0.465 e. The van der Waals surface area contributed by atoms with E-state index in [1.807, 2.05) is 13.8 Å². The summed E-state index contributed by atoms with van der Waals surface area (Å²) < 4.78 is 28.5. The van der Waals surface area contributed by atoms with E-state index in [9.17, 15) is 18.7 Å². The Balaban J connectivity index is 2.00. The highest BCUT2D eigenvalue weighted by Gasteiger charge is 2.43. The molecule has 1 aromatic heterocycles. The number of nitrogens with zero attached hydrogens (tertiary/aromatic N) is 2. The van der Waals surface area contributed by atoms with Crippen LogP contribution >= 0.6 is 0 Å². The van der Waals surface area contributed by atoms with E-state index in [0.717, 1.165) is 17.7 Å². The number of anilines is 1. The van der Waals surface area contributed by atoms with Crippen LogP contribution in [0.4, 0.5) is 19.3 Å². The number of alkyl halides is 2. The SMILES string of the molecule is CC1(C)CN(C(=O)O)c2cc(C(F)(F)CC3CC3)cnc21. The van der Waals surface area contributed by atoms with Crippen LogP contribution in [0, 0.1) is 5.92 Å². The van der Waals surface area contributed by atoms with Crippen molar-refractivity contribution in [3.8, 4) is 0 Å². The summed E-state index contributed by atoms with van der Waals surface area (Å²) in [5.41, 5.74) is 0.214. The number of carbonyl (C=O) groups is 1. The van der Waals surface area contributed by atoms with Gasteiger partial charge in [-0.05, 0) is 24.8 Å². The maximum atomic E-state index is 14.2. The van der Waals surface area contributed by atoms with Gasteiger partial charge in [0.15, 0.2) is 0 Å². The number of hydrogen-bond acceptors (Lipinski definition) is 2. The van der Waals surface area contributed by atoms with E-state index in [1.165, 1.54) is 12.3 Å². The molecule has 0 atom stereocenters. The molecule has 1 fully saturated rings. The van der Waals surface area contributed by atoms with Crippen LogP contribution in [0.1, 0.15) is 44.4 Å². The monoisotopic (exact) mass is 296 g/mol. The first-order chi connectivity index (χ1) is 9.71. The van der Waals surface area contributed by atoms with Gasteiger partial charge in [-0.25, -0.2) is 13.6 Å². The number of halogens is 2. The Morgan fingerprint density at radius 1 is 1.52 bits per heavy atom. The highest BCUT2D eigenvalue weighted by Crippen LogP contribution is 2.46. The van der Waals surface area contributed by atoms with Crippen LogP contribution in [0.2, 0.25) is 0 Å². The first-order valence-corrected chi connectivity index (χ1v) is 7.10. The molecule has 3 rings (SSSR count). The first-order valence-electron chi connectivity index (χ1n) is 7.10. The summed E-state index contributed by atoms with van der Waals surface area (Å²) in [5, 5.41) is 9.25. The summed E-state index contributed by atoms with van der Waals surface area (Å²) in [7, 11) is 0. The van der Waals surface area contributed by atoms with E-state index >= 15 is 0 Å². The lowest BCUT2D eigenvalue weighted by molar-refractivity contribution is -0.0192. The summed E-state index contributed by atoms with van der Waals surface area (Å²) in [4.78, 5) is 16.6. The molecule has 2 aliphatic rings. The summed E-state index contributed by atoms with van der Waals surface area (Å²) in [6.07, 6.45) is 1.59.